The molecule has 0 radical (unpaired) electrons. The van der Waals surface area contributed by atoms with Gasteiger partial charge in [-0.05, 0) is 46.4 Å². The fourth-order valence-electron chi connectivity index (χ4n) is 1.93. The van der Waals surface area contributed by atoms with Crippen LogP contribution in [0.4, 0.5) is 5.69 Å². The van der Waals surface area contributed by atoms with Crippen molar-refractivity contribution in [1.29, 1.82) is 0 Å². The van der Waals surface area contributed by atoms with Gasteiger partial charge in [0.2, 0.25) is 0 Å². The molecular formula is C14H25NO2Si. The van der Waals surface area contributed by atoms with Gasteiger partial charge >= 0.3 is 8.56 Å². The molecule has 1 aromatic rings. The molecule has 0 unspecified atom stereocenters. The molecule has 0 amide bonds. The third-order valence-electron chi connectivity index (χ3n) is 2.36. The van der Waals surface area contributed by atoms with Crippen molar-refractivity contribution in [2.45, 2.75) is 46.4 Å². The molecule has 1 rings (SSSR count). The van der Waals surface area contributed by atoms with Crippen LogP contribution in [-0.4, -0.2) is 26.9 Å². The molecule has 1 N–H and O–H groups in total. The fourth-order valence-corrected chi connectivity index (χ4v) is 4.67. The minimum Gasteiger partial charge on any atom is -0.391 e. The summed E-state index contributed by atoms with van der Waals surface area (Å²) in [6.45, 7) is 10.3. The average molecular weight is 267 g/mol. The normalized spacial score (nSPS) is 12.2. The topological polar surface area (TPSA) is 30.5 Å². The highest BCUT2D eigenvalue weighted by atomic mass is 28.4. The number of hydrogen-bond acceptors (Lipinski definition) is 3. The smallest absolute Gasteiger partial charge is 0.355 e. The summed E-state index contributed by atoms with van der Waals surface area (Å²) in [6, 6.07) is 10.2. The van der Waals surface area contributed by atoms with E-state index in [4.69, 9.17) is 8.85 Å². The molecule has 0 spiro atoms. The lowest BCUT2D eigenvalue weighted by atomic mass is 10.3. The fraction of sp³-hybridized carbons (Fsp3) is 0.571. The lowest BCUT2D eigenvalue weighted by molar-refractivity contribution is 0.111. The standard InChI is InChI=1S/C14H25NO2Si/c1-12(2)16-18(5,17-13(3)4)11-15-14-9-7-6-8-10-14/h6-10,12-13,15H,11H2,1-5H3. The summed E-state index contributed by atoms with van der Waals surface area (Å²) in [5, 5.41) is 3.41. The first-order valence-corrected chi connectivity index (χ1v) is 9.08. The van der Waals surface area contributed by atoms with E-state index >= 15 is 0 Å². The number of para-hydroxylation sites is 1. The van der Waals surface area contributed by atoms with E-state index < -0.39 is 8.56 Å². The summed E-state index contributed by atoms with van der Waals surface area (Å²) in [7, 11) is -2.17. The Morgan fingerprint density at radius 3 is 1.94 bits per heavy atom. The zero-order valence-electron chi connectivity index (χ0n) is 12.1. The van der Waals surface area contributed by atoms with Crippen LogP contribution in [0, 0.1) is 0 Å². The van der Waals surface area contributed by atoms with Crippen LogP contribution in [0.3, 0.4) is 0 Å². The quantitative estimate of drug-likeness (QED) is 0.766. The Morgan fingerprint density at radius 1 is 1.00 bits per heavy atom. The highest BCUT2D eigenvalue weighted by Gasteiger charge is 2.33. The van der Waals surface area contributed by atoms with Crippen molar-refractivity contribution in [1.82, 2.24) is 0 Å². The van der Waals surface area contributed by atoms with Gasteiger partial charge in [-0.3, -0.25) is 0 Å². The first-order valence-electron chi connectivity index (χ1n) is 6.56. The molecule has 1 aromatic carbocycles. The van der Waals surface area contributed by atoms with Crippen LogP contribution in [-0.2, 0) is 8.85 Å². The molecule has 0 aliphatic heterocycles. The van der Waals surface area contributed by atoms with Gasteiger partial charge in [-0.2, -0.15) is 0 Å². The molecule has 0 atom stereocenters. The van der Waals surface area contributed by atoms with E-state index in [-0.39, 0.29) is 12.2 Å². The minimum absolute atomic E-state index is 0.193. The molecule has 0 saturated carbocycles. The molecule has 0 saturated heterocycles. The van der Waals surface area contributed by atoms with E-state index in [0.29, 0.717) is 0 Å². The average Bonchev–Trinajstić information content (AvgIpc) is 2.26. The Bertz CT molecular complexity index is 331. The monoisotopic (exact) mass is 267 g/mol. The van der Waals surface area contributed by atoms with Crippen LogP contribution in [0.5, 0.6) is 0 Å². The van der Waals surface area contributed by atoms with Crippen LogP contribution >= 0.6 is 0 Å². The first-order chi connectivity index (χ1) is 8.41. The zero-order valence-corrected chi connectivity index (χ0v) is 13.1. The predicted molar refractivity (Wildman–Crippen MR) is 79.0 cm³/mol. The van der Waals surface area contributed by atoms with Crippen molar-refractivity contribution in [3.63, 3.8) is 0 Å². The van der Waals surface area contributed by atoms with Gasteiger partial charge in [0, 0.05) is 17.9 Å². The second-order valence-electron chi connectivity index (χ2n) is 5.19. The molecule has 18 heavy (non-hydrogen) atoms. The molecule has 0 aromatic heterocycles. The van der Waals surface area contributed by atoms with Gasteiger partial charge in [0.15, 0.2) is 0 Å². The second-order valence-corrected chi connectivity index (χ2v) is 8.28. The van der Waals surface area contributed by atoms with Gasteiger partial charge in [0.25, 0.3) is 0 Å². The highest BCUT2D eigenvalue weighted by molar-refractivity contribution is 6.66. The maximum atomic E-state index is 6.02. The van der Waals surface area contributed by atoms with Gasteiger partial charge in [-0.25, -0.2) is 0 Å². The summed E-state index contributed by atoms with van der Waals surface area (Å²) in [5.74, 6) is 0. The Hall–Kier alpha value is -0.843. The van der Waals surface area contributed by atoms with E-state index in [1.54, 1.807) is 0 Å². The third-order valence-corrected chi connectivity index (χ3v) is 5.12. The van der Waals surface area contributed by atoms with E-state index in [0.717, 1.165) is 11.9 Å². The summed E-state index contributed by atoms with van der Waals surface area (Å²) in [4.78, 5) is 0. The van der Waals surface area contributed by atoms with Gasteiger partial charge in [0.1, 0.15) is 0 Å². The zero-order chi connectivity index (χ0) is 13.6. The minimum atomic E-state index is -2.17. The van der Waals surface area contributed by atoms with Gasteiger partial charge in [-0.1, -0.05) is 18.2 Å². The summed E-state index contributed by atoms with van der Waals surface area (Å²) >= 11 is 0. The maximum Gasteiger partial charge on any atom is 0.355 e. The predicted octanol–water partition coefficient (Wildman–Crippen LogP) is 3.56. The number of benzene rings is 1. The van der Waals surface area contributed by atoms with Crippen LogP contribution in [0.1, 0.15) is 27.7 Å². The maximum absolute atomic E-state index is 6.02. The van der Waals surface area contributed by atoms with E-state index in [9.17, 15) is 0 Å². The Morgan fingerprint density at radius 2 is 1.50 bits per heavy atom. The van der Waals surface area contributed by atoms with E-state index in [1.807, 2.05) is 18.2 Å². The molecule has 0 heterocycles. The molecule has 3 nitrogen and oxygen atoms in total. The molecule has 4 heteroatoms. The summed E-state index contributed by atoms with van der Waals surface area (Å²) in [5.41, 5.74) is 1.11. The highest BCUT2D eigenvalue weighted by Crippen LogP contribution is 2.15. The number of nitrogens with one attached hydrogen (secondary N) is 1. The molecule has 0 aliphatic carbocycles. The van der Waals surface area contributed by atoms with Gasteiger partial charge in [0.05, 0.1) is 6.17 Å². The van der Waals surface area contributed by atoms with E-state index in [1.165, 1.54) is 0 Å². The van der Waals surface area contributed by atoms with Gasteiger partial charge < -0.3 is 14.2 Å². The van der Waals surface area contributed by atoms with Crippen LogP contribution < -0.4 is 5.32 Å². The van der Waals surface area contributed by atoms with Crippen molar-refractivity contribution in [2.75, 3.05) is 11.5 Å². The van der Waals surface area contributed by atoms with Crippen molar-refractivity contribution >= 4 is 14.2 Å². The van der Waals surface area contributed by atoms with Crippen molar-refractivity contribution in [3.8, 4) is 0 Å². The Kier molecular flexibility index (Phi) is 5.85. The number of rotatable bonds is 7. The van der Waals surface area contributed by atoms with E-state index in [2.05, 4.69) is 51.7 Å². The van der Waals surface area contributed by atoms with Crippen molar-refractivity contribution in [2.24, 2.45) is 0 Å². The molecule has 102 valence electrons. The van der Waals surface area contributed by atoms with Crippen molar-refractivity contribution in [3.05, 3.63) is 30.3 Å². The van der Waals surface area contributed by atoms with Crippen LogP contribution in [0.2, 0.25) is 6.55 Å². The molecular weight excluding hydrogens is 242 g/mol. The largest absolute Gasteiger partial charge is 0.391 e. The lowest BCUT2D eigenvalue weighted by Gasteiger charge is -2.31. The molecule has 0 bridgehead atoms. The lowest BCUT2D eigenvalue weighted by Crippen LogP contribution is -2.49. The Balaban J connectivity index is 2.61. The van der Waals surface area contributed by atoms with Crippen molar-refractivity contribution < 1.29 is 8.85 Å². The van der Waals surface area contributed by atoms with Crippen LogP contribution in [0.15, 0.2) is 30.3 Å². The third kappa shape index (κ3) is 5.66. The first kappa shape index (κ1) is 15.2. The SMILES string of the molecule is CC(C)O[Si](C)(CNc1ccccc1)OC(C)C. The van der Waals surface area contributed by atoms with Gasteiger partial charge in [-0.15, -0.1) is 0 Å². The summed E-state index contributed by atoms with van der Waals surface area (Å²) < 4.78 is 12.0. The molecule has 0 fully saturated rings. The molecule has 0 aliphatic rings. The Labute approximate surface area is 112 Å². The summed E-state index contributed by atoms with van der Waals surface area (Å²) in [6.07, 6.45) is 1.14. The number of anilines is 1. The number of hydrogen-bond donors (Lipinski definition) is 1. The van der Waals surface area contributed by atoms with Crippen LogP contribution in [0.25, 0.3) is 0 Å². The second kappa shape index (κ2) is 6.92.